The third kappa shape index (κ3) is 3.93. The molecule has 0 spiro atoms. The summed E-state index contributed by atoms with van der Waals surface area (Å²) in [5, 5.41) is 0. The molecule has 3 aromatic rings. The van der Waals surface area contributed by atoms with Gasteiger partial charge in [-0.1, -0.05) is 22.0 Å². The lowest BCUT2D eigenvalue weighted by Crippen LogP contribution is -2.10. The lowest BCUT2D eigenvalue weighted by Gasteiger charge is -2.15. The molecule has 1 aliphatic rings. The maximum Gasteiger partial charge on any atom is 0.138 e. The van der Waals surface area contributed by atoms with E-state index in [9.17, 15) is 4.79 Å². The van der Waals surface area contributed by atoms with E-state index in [1.54, 1.807) is 20.2 Å². The number of rotatable bonds is 6. The first-order chi connectivity index (χ1) is 14.1. The molecule has 0 radical (unpaired) electrons. The van der Waals surface area contributed by atoms with Crippen molar-refractivity contribution in [1.29, 1.82) is 0 Å². The first kappa shape index (κ1) is 19.7. The van der Waals surface area contributed by atoms with Crippen LogP contribution in [0.25, 0.3) is 5.69 Å². The number of halogens is 1. The second kappa shape index (κ2) is 8.39. The molecule has 0 unspecified atom stereocenters. The van der Waals surface area contributed by atoms with Crippen LogP contribution in [0.3, 0.4) is 0 Å². The topological polar surface area (TPSA) is 69.4 Å². The summed E-state index contributed by atoms with van der Waals surface area (Å²) in [6.45, 7) is 2.04. The summed E-state index contributed by atoms with van der Waals surface area (Å²) in [5.74, 6) is 0.951. The lowest BCUT2D eigenvalue weighted by atomic mass is 10.0. The van der Waals surface area contributed by atoms with Gasteiger partial charge in [0.2, 0.25) is 0 Å². The zero-order valence-corrected chi connectivity index (χ0v) is 17.9. The average molecular weight is 453 g/mol. The summed E-state index contributed by atoms with van der Waals surface area (Å²) < 4.78 is 8.47. The van der Waals surface area contributed by atoms with Crippen LogP contribution in [0.2, 0.25) is 0 Å². The highest BCUT2D eigenvalue weighted by molar-refractivity contribution is 9.10. The number of benzene rings is 1. The van der Waals surface area contributed by atoms with Crippen LogP contribution in [0.5, 0.6) is 0 Å². The van der Waals surface area contributed by atoms with Crippen molar-refractivity contribution in [1.82, 2.24) is 14.5 Å². The number of ether oxygens (including phenoxy) is 1. The SMILES string of the molecule is COCc1cnc2n1-c1ccc(Br)cc1C(c1ccccn1)=N[C@H]2CCC(C)=O. The fourth-order valence-electron chi connectivity index (χ4n) is 3.58. The average Bonchev–Trinajstić information content (AvgIpc) is 3.06. The normalized spacial score (nSPS) is 15.3. The molecule has 0 N–H and O–H groups in total. The maximum absolute atomic E-state index is 11.7. The second-order valence-electron chi connectivity index (χ2n) is 6.99. The number of Topliss-reactive ketones (excluding diaryl/α,β-unsaturated/α-hetero) is 1. The Balaban J connectivity index is 1.97. The van der Waals surface area contributed by atoms with Crippen molar-refractivity contribution < 1.29 is 9.53 Å². The van der Waals surface area contributed by atoms with Crippen molar-refractivity contribution in [3.05, 3.63) is 76.0 Å². The summed E-state index contributed by atoms with van der Waals surface area (Å²) in [5.41, 5.74) is 4.46. The predicted molar refractivity (Wildman–Crippen MR) is 115 cm³/mol. The second-order valence-corrected chi connectivity index (χ2v) is 7.90. The van der Waals surface area contributed by atoms with E-state index in [1.807, 2.05) is 30.5 Å². The van der Waals surface area contributed by atoms with E-state index in [0.717, 1.165) is 38.6 Å². The summed E-state index contributed by atoms with van der Waals surface area (Å²) in [4.78, 5) is 26.0. The number of fused-ring (bicyclic) bond motifs is 3. The van der Waals surface area contributed by atoms with Gasteiger partial charge in [0.05, 0.1) is 35.6 Å². The Hall–Kier alpha value is -2.64. The molecule has 0 saturated heterocycles. The van der Waals surface area contributed by atoms with Crippen LogP contribution in [0.4, 0.5) is 0 Å². The molecule has 0 saturated carbocycles. The van der Waals surface area contributed by atoms with Crippen molar-refractivity contribution in [2.75, 3.05) is 7.11 Å². The summed E-state index contributed by atoms with van der Waals surface area (Å²) in [6.07, 6.45) is 4.62. The van der Waals surface area contributed by atoms with E-state index in [0.29, 0.717) is 19.4 Å². The summed E-state index contributed by atoms with van der Waals surface area (Å²) in [6, 6.07) is 11.6. The van der Waals surface area contributed by atoms with Crippen LogP contribution in [-0.2, 0) is 16.1 Å². The first-order valence-corrected chi connectivity index (χ1v) is 10.2. The molecule has 0 fully saturated rings. The fourth-order valence-corrected chi connectivity index (χ4v) is 3.94. The fraction of sp³-hybridized carbons (Fsp3) is 0.273. The van der Waals surface area contributed by atoms with E-state index in [1.165, 1.54) is 0 Å². The van der Waals surface area contributed by atoms with E-state index < -0.39 is 0 Å². The Morgan fingerprint density at radius 1 is 1.24 bits per heavy atom. The number of aromatic nitrogens is 3. The number of ketones is 1. The van der Waals surface area contributed by atoms with Crippen LogP contribution in [-0.4, -0.2) is 33.1 Å². The molecule has 1 aromatic carbocycles. The number of methoxy groups -OCH3 is 1. The summed E-state index contributed by atoms with van der Waals surface area (Å²) in [7, 11) is 1.67. The molecule has 4 rings (SSSR count). The molecule has 29 heavy (non-hydrogen) atoms. The van der Waals surface area contributed by atoms with E-state index in [-0.39, 0.29) is 11.8 Å². The van der Waals surface area contributed by atoms with Gasteiger partial charge in [-0.15, -0.1) is 0 Å². The van der Waals surface area contributed by atoms with Crippen molar-refractivity contribution in [3.8, 4) is 5.69 Å². The van der Waals surface area contributed by atoms with Crippen molar-refractivity contribution in [2.24, 2.45) is 4.99 Å². The lowest BCUT2D eigenvalue weighted by molar-refractivity contribution is -0.117. The number of carbonyl (C=O) groups excluding carboxylic acids is 1. The molecule has 1 aliphatic heterocycles. The molecule has 148 valence electrons. The highest BCUT2D eigenvalue weighted by atomic mass is 79.9. The van der Waals surface area contributed by atoms with E-state index in [4.69, 9.17) is 9.73 Å². The van der Waals surface area contributed by atoms with Gasteiger partial charge >= 0.3 is 0 Å². The predicted octanol–water partition coefficient (Wildman–Crippen LogP) is 4.44. The number of pyridine rings is 1. The monoisotopic (exact) mass is 452 g/mol. The van der Waals surface area contributed by atoms with Gasteiger partial charge in [0.25, 0.3) is 0 Å². The van der Waals surface area contributed by atoms with Crippen molar-refractivity contribution in [2.45, 2.75) is 32.4 Å². The van der Waals surface area contributed by atoms with E-state index >= 15 is 0 Å². The molecule has 3 heterocycles. The van der Waals surface area contributed by atoms with Crippen LogP contribution in [0.1, 0.15) is 48.6 Å². The van der Waals surface area contributed by atoms with Crippen LogP contribution >= 0.6 is 15.9 Å². The highest BCUT2D eigenvalue weighted by Crippen LogP contribution is 2.34. The Kier molecular flexibility index (Phi) is 5.69. The molecule has 7 heteroatoms. The van der Waals surface area contributed by atoms with Gasteiger partial charge in [-0.25, -0.2) is 4.98 Å². The largest absolute Gasteiger partial charge is 0.378 e. The van der Waals surface area contributed by atoms with Crippen LogP contribution < -0.4 is 0 Å². The van der Waals surface area contributed by atoms with Gasteiger partial charge in [0.1, 0.15) is 17.6 Å². The zero-order valence-electron chi connectivity index (χ0n) is 16.3. The first-order valence-electron chi connectivity index (χ1n) is 9.43. The molecule has 0 bridgehead atoms. The minimum absolute atomic E-state index is 0.138. The standard InChI is InChI=1S/C22H21BrN4O2/c1-14(28)6-8-19-22-25-12-16(13-29-2)27(22)20-9-7-15(23)11-17(20)21(26-19)18-5-3-4-10-24-18/h3-5,7,9-12,19H,6,8,13H2,1-2H3/t19-/m0/s1. The Labute approximate surface area is 177 Å². The van der Waals surface area contributed by atoms with Gasteiger partial charge in [-0.3, -0.25) is 14.5 Å². The van der Waals surface area contributed by atoms with Gasteiger partial charge in [-0.2, -0.15) is 0 Å². The highest BCUT2D eigenvalue weighted by Gasteiger charge is 2.28. The molecule has 1 atom stereocenters. The van der Waals surface area contributed by atoms with Gasteiger partial charge in [0, 0.05) is 29.8 Å². The maximum atomic E-state index is 11.7. The van der Waals surface area contributed by atoms with Gasteiger partial charge in [-0.05, 0) is 43.7 Å². The number of imidazole rings is 1. The smallest absolute Gasteiger partial charge is 0.138 e. The van der Waals surface area contributed by atoms with E-state index in [2.05, 4.69) is 42.6 Å². The van der Waals surface area contributed by atoms with Gasteiger partial charge in [0.15, 0.2) is 0 Å². The van der Waals surface area contributed by atoms with Crippen molar-refractivity contribution in [3.63, 3.8) is 0 Å². The Morgan fingerprint density at radius 2 is 2.10 bits per heavy atom. The molecule has 0 amide bonds. The summed E-state index contributed by atoms with van der Waals surface area (Å²) >= 11 is 3.59. The number of carbonyl (C=O) groups is 1. The van der Waals surface area contributed by atoms with Crippen LogP contribution in [0.15, 0.2) is 58.3 Å². The van der Waals surface area contributed by atoms with Crippen LogP contribution in [0, 0.1) is 0 Å². The number of hydrogen-bond acceptors (Lipinski definition) is 5. The number of nitrogens with zero attached hydrogens (tertiary/aromatic N) is 4. The molecular formula is C22H21BrN4O2. The minimum Gasteiger partial charge on any atom is -0.378 e. The molecule has 6 nitrogen and oxygen atoms in total. The Morgan fingerprint density at radius 3 is 2.83 bits per heavy atom. The third-order valence-electron chi connectivity index (χ3n) is 4.87. The zero-order chi connectivity index (χ0) is 20.4. The Bertz CT molecular complexity index is 1080. The molecule has 2 aromatic heterocycles. The minimum atomic E-state index is -0.257. The van der Waals surface area contributed by atoms with Crippen molar-refractivity contribution >= 4 is 27.4 Å². The third-order valence-corrected chi connectivity index (χ3v) is 5.36. The number of aliphatic imine (C=N–C) groups is 1. The molecule has 0 aliphatic carbocycles. The van der Waals surface area contributed by atoms with Gasteiger partial charge < -0.3 is 9.53 Å². The molecular weight excluding hydrogens is 432 g/mol. The number of hydrogen-bond donors (Lipinski definition) is 0. The quantitative estimate of drug-likeness (QED) is 0.554.